The molecule has 0 aromatic carbocycles. The number of alkyl halides is 4. The highest BCUT2D eigenvalue weighted by Crippen LogP contribution is 2.22. The molecular formula is C6H7F4NO2. The molecule has 0 aliphatic carbocycles. The van der Waals surface area contributed by atoms with Gasteiger partial charge in [0, 0.05) is 6.54 Å². The molecule has 3 nitrogen and oxygen atoms in total. The molecule has 1 heterocycles. The molecular weight excluding hydrogens is 194 g/mol. The van der Waals surface area contributed by atoms with Gasteiger partial charge in [0.05, 0.1) is 6.54 Å². The molecule has 76 valence electrons. The third-order valence-corrected chi connectivity index (χ3v) is 1.75. The number of nitrogens with zero attached hydrogens (tertiary/aromatic N) is 1. The van der Waals surface area contributed by atoms with E-state index < -0.39 is 37.4 Å². The predicted octanol–water partition coefficient (Wildman–Crippen LogP) is 0.0899. The Morgan fingerprint density at radius 3 is 2.23 bits per heavy atom. The van der Waals surface area contributed by atoms with Gasteiger partial charge in [-0.15, -0.1) is 0 Å². The number of hydrogen-bond donors (Lipinski definition) is 1. The minimum Gasteiger partial charge on any atom is -0.388 e. The van der Waals surface area contributed by atoms with Crippen LogP contribution in [0.2, 0.25) is 0 Å². The molecule has 1 fully saturated rings. The number of hydrogen-bond acceptors (Lipinski definition) is 2. The second kappa shape index (κ2) is 3.13. The molecule has 2 atom stereocenters. The Kier molecular flexibility index (Phi) is 2.47. The van der Waals surface area contributed by atoms with Crippen LogP contribution in [0.5, 0.6) is 0 Å². The van der Waals surface area contributed by atoms with Crippen molar-refractivity contribution in [2.75, 3.05) is 13.1 Å². The van der Waals surface area contributed by atoms with E-state index in [-0.39, 0.29) is 4.90 Å². The summed E-state index contributed by atoms with van der Waals surface area (Å²) >= 11 is 0. The van der Waals surface area contributed by atoms with Gasteiger partial charge in [0.1, 0.15) is 12.3 Å². The van der Waals surface area contributed by atoms with Crippen LogP contribution in [0.4, 0.5) is 17.6 Å². The summed E-state index contributed by atoms with van der Waals surface area (Å²) in [5.74, 6) is -2.10. The van der Waals surface area contributed by atoms with Crippen molar-refractivity contribution in [3.63, 3.8) is 0 Å². The Bertz CT molecular complexity index is 207. The van der Waals surface area contributed by atoms with E-state index in [1.165, 1.54) is 0 Å². The first-order valence-electron chi connectivity index (χ1n) is 3.50. The molecule has 0 aromatic rings. The smallest absolute Gasteiger partial charge is 0.388 e. The lowest BCUT2D eigenvalue weighted by molar-refractivity contribution is -0.184. The number of carbonyl (C=O) groups is 1. The molecule has 1 N–H and O–H groups in total. The zero-order valence-electron chi connectivity index (χ0n) is 6.38. The standard InChI is InChI=1S/C6H7F4NO2/c7-3-1-11(2-4(3)12)5(13)6(8,9)10/h3-4,12H,1-2H2. The molecule has 1 saturated heterocycles. The van der Waals surface area contributed by atoms with Gasteiger partial charge in [-0.1, -0.05) is 0 Å². The molecule has 1 amide bonds. The average Bonchev–Trinajstić information content (AvgIpc) is 2.29. The van der Waals surface area contributed by atoms with Crippen LogP contribution in [0.3, 0.4) is 0 Å². The number of β-amino-alcohol motifs (C(OH)–C–C–N with tert-alkyl or cyclic N) is 1. The van der Waals surface area contributed by atoms with E-state index in [2.05, 4.69) is 0 Å². The van der Waals surface area contributed by atoms with Gasteiger partial charge in [-0.3, -0.25) is 4.79 Å². The minimum atomic E-state index is -5.00. The fourth-order valence-corrected chi connectivity index (χ4v) is 1.09. The van der Waals surface area contributed by atoms with E-state index in [4.69, 9.17) is 5.11 Å². The largest absolute Gasteiger partial charge is 0.471 e. The summed E-state index contributed by atoms with van der Waals surface area (Å²) in [6.07, 6.45) is -8.29. The summed E-state index contributed by atoms with van der Waals surface area (Å²) in [5.41, 5.74) is 0. The van der Waals surface area contributed by atoms with Crippen LogP contribution in [-0.2, 0) is 4.79 Å². The van der Waals surface area contributed by atoms with Crippen molar-refractivity contribution in [3.8, 4) is 0 Å². The molecule has 0 aromatic heterocycles. The summed E-state index contributed by atoms with van der Waals surface area (Å²) in [7, 11) is 0. The van der Waals surface area contributed by atoms with Crippen LogP contribution in [0.25, 0.3) is 0 Å². The Hall–Kier alpha value is -0.850. The lowest BCUT2D eigenvalue weighted by atomic mass is 10.3. The maximum absolute atomic E-state index is 12.5. The van der Waals surface area contributed by atoms with E-state index in [9.17, 15) is 22.4 Å². The fourth-order valence-electron chi connectivity index (χ4n) is 1.09. The Morgan fingerprint density at radius 1 is 1.38 bits per heavy atom. The molecule has 7 heteroatoms. The second-order valence-corrected chi connectivity index (χ2v) is 2.79. The number of halogens is 4. The third kappa shape index (κ3) is 2.09. The number of carbonyl (C=O) groups excluding carboxylic acids is 1. The number of rotatable bonds is 0. The lowest BCUT2D eigenvalue weighted by Gasteiger charge is -2.16. The summed E-state index contributed by atoms with van der Waals surface area (Å²) in [4.78, 5) is 10.7. The minimum absolute atomic E-state index is 0.259. The molecule has 13 heavy (non-hydrogen) atoms. The van der Waals surface area contributed by atoms with Gasteiger partial charge >= 0.3 is 12.1 Å². The van der Waals surface area contributed by atoms with Crippen molar-refractivity contribution in [1.29, 1.82) is 0 Å². The normalized spacial score (nSPS) is 29.5. The third-order valence-electron chi connectivity index (χ3n) is 1.75. The molecule has 1 rings (SSSR count). The topological polar surface area (TPSA) is 40.5 Å². The molecule has 2 unspecified atom stereocenters. The zero-order chi connectivity index (χ0) is 10.2. The van der Waals surface area contributed by atoms with Gasteiger partial charge in [0.25, 0.3) is 0 Å². The SMILES string of the molecule is O=C(N1CC(O)C(F)C1)C(F)(F)F. The van der Waals surface area contributed by atoms with Crippen molar-refractivity contribution in [3.05, 3.63) is 0 Å². The van der Waals surface area contributed by atoms with Crippen molar-refractivity contribution >= 4 is 5.91 Å². The lowest BCUT2D eigenvalue weighted by Crippen LogP contribution is -2.40. The van der Waals surface area contributed by atoms with E-state index in [1.54, 1.807) is 0 Å². The summed E-state index contributed by atoms with van der Waals surface area (Å²) in [6, 6.07) is 0. The van der Waals surface area contributed by atoms with E-state index in [1.807, 2.05) is 0 Å². The van der Waals surface area contributed by atoms with Gasteiger partial charge in [-0.25, -0.2) is 4.39 Å². The molecule has 1 aliphatic heterocycles. The molecule has 0 saturated carbocycles. The van der Waals surface area contributed by atoms with Crippen LogP contribution in [0.1, 0.15) is 0 Å². The van der Waals surface area contributed by atoms with E-state index >= 15 is 0 Å². The van der Waals surface area contributed by atoms with E-state index in [0.717, 1.165) is 0 Å². The van der Waals surface area contributed by atoms with Crippen LogP contribution >= 0.6 is 0 Å². The quantitative estimate of drug-likeness (QED) is 0.564. The van der Waals surface area contributed by atoms with E-state index in [0.29, 0.717) is 0 Å². The van der Waals surface area contributed by atoms with Gasteiger partial charge in [0.15, 0.2) is 0 Å². The highest BCUT2D eigenvalue weighted by molar-refractivity contribution is 5.82. The second-order valence-electron chi connectivity index (χ2n) is 2.79. The van der Waals surface area contributed by atoms with Gasteiger partial charge < -0.3 is 10.0 Å². The molecule has 0 bridgehead atoms. The van der Waals surface area contributed by atoms with Crippen LogP contribution in [0, 0.1) is 0 Å². The number of aliphatic hydroxyl groups excluding tert-OH is 1. The number of likely N-dealkylation sites (tertiary alicyclic amines) is 1. The average molecular weight is 201 g/mol. The van der Waals surface area contributed by atoms with Crippen LogP contribution in [0.15, 0.2) is 0 Å². The number of aliphatic hydroxyl groups is 1. The van der Waals surface area contributed by atoms with Crippen molar-refractivity contribution in [1.82, 2.24) is 4.90 Å². The molecule has 1 aliphatic rings. The van der Waals surface area contributed by atoms with Crippen LogP contribution < -0.4 is 0 Å². The van der Waals surface area contributed by atoms with Crippen LogP contribution in [-0.4, -0.2) is 47.5 Å². The first kappa shape index (κ1) is 10.2. The molecule has 0 spiro atoms. The van der Waals surface area contributed by atoms with Crippen molar-refractivity contribution in [2.45, 2.75) is 18.5 Å². The highest BCUT2D eigenvalue weighted by Gasteiger charge is 2.46. The maximum atomic E-state index is 12.5. The summed E-state index contributed by atoms with van der Waals surface area (Å²) in [6.45, 7) is -1.29. The predicted molar refractivity (Wildman–Crippen MR) is 33.5 cm³/mol. The monoisotopic (exact) mass is 201 g/mol. The Morgan fingerprint density at radius 2 is 1.92 bits per heavy atom. The first-order valence-corrected chi connectivity index (χ1v) is 3.50. The first-order chi connectivity index (χ1) is 5.82. The number of amides is 1. The van der Waals surface area contributed by atoms with Crippen molar-refractivity contribution < 1.29 is 27.5 Å². The molecule has 0 radical (unpaired) electrons. The Balaban J connectivity index is 2.61. The summed E-state index contributed by atoms with van der Waals surface area (Å²) < 4.78 is 47.8. The van der Waals surface area contributed by atoms with Gasteiger partial charge in [-0.2, -0.15) is 13.2 Å². The maximum Gasteiger partial charge on any atom is 0.471 e. The Labute approximate surface area is 70.9 Å². The van der Waals surface area contributed by atoms with Gasteiger partial charge in [0.2, 0.25) is 0 Å². The van der Waals surface area contributed by atoms with Crippen molar-refractivity contribution in [2.24, 2.45) is 0 Å². The zero-order valence-corrected chi connectivity index (χ0v) is 6.38. The van der Waals surface area contributed by atoms with Gasteiger partial charge in [-0.05, 0) is 0 Å². The highest BCUT2D eigenvalue weighted by atomic mass is 19.4. The summed E-state index contributed by atoms with van der Waals surface area (Å²) in [5, 5.41) is 8.75. The fraction of sp³-hybridized carbons (Fsp3) is 0.833.